The van der Waals surface area contributed by atoms with E-state index in [4.69, 9.17) is 11.6 Å². The average molecular weight is 245 g/mol. The van der Waals surface area contributed by atoms with Crippen LogP contribution < -0.4 is 5.32 Å². The topological polar surface area (TPSA) is 15.3 Å². The van der Waals surface area contributed by atoms with Gasteiger partial charge in [0.1, 0.15) is 5.82 Å². The van der Waals surface area contributed by atoms with Crippen LogP contribution in [0.2, 0.25) is 5.02 Å². The third-order valence-corrected chi connectivity index (χ3v) is 2.98. The van der Waals surface area contributed by atoms with E-state index in [1.54, 1.807) is 6.07 Å². The van der Waals surface area contributed by atoms with Gasteiger partial charge in [-0.05, 0) is 25.2 Å². The summed E-state index contributed by atoms with van der Waals surface area (Å²) in [5.74, 6) is -0.355. The third-order valence-electron chi connectivity index (χ3n) is 2.56. The van der Waals surface area contributed by atoms with Crippen molar-refractivity contribution < 1.29 is 4.39 Å². The van der Waals surface area contributed by atoms with Crippen LogP contribution in [-0.2, 0) is 6.54 Å². The van der Waals surface area contributed by atoms with Gasteiger partial charge in [0, 0.05) is 19.6 Å². The van der Waals surface area contributed by atoms with Gasteiger partial charge >= 0.3 is 0 Å². The van der Waals surface area contributed by atoms with E-state index in [9.17, 15) is 4.39 Å². The van der Waals surface area contributed by atoms with E-state index >= 15 is 0 Å². The van der Waals surface area contributed by atoms with E-state index in [-0.39, 0.29) is 10.8 Å². The highest BCUT2D eigenvalue weighted by atomic mass is 35.5. The maximum atomic E-state index is 13.1. The molecule has 0 saturated heterocycles. The zero-order chi connectivity index (χ0) is 12.0. The molecule has 0 aliphatic rings. The molecular formula is C12H18ClFN2. The van der Waals surface area contributed by atoms with Crippen molar-refractivity contribution in [3.8, 4) is 0 Å². The lowest BCUT2D eigenvalue weighted by Crippen LogP contribution is -2.28. The number of rotatable bonds is 6. The summed E-state index contributed by atoms with van der Waals surface area (Å²) in [5.41, 5.74) is 0.806. The van der Waals surface area contributed by atoms with Gasteiger partial charge in [-0.25, -0.2) is 4.39 Å². The molecule has 1 rings (SSSR count). The highest BCUT2D eigenvalue weighted by Crippen LogP contribution is 2.19. The molecule has 0 heterocycles. The Kier molecular flexibility index (Phi) is 5.74. The van der Waals surface area contributed by atoms with E-state index in [1.807, 2.05) is 6.07 Å². The number of benzene rings is 1. The van der Waals surface area contributed by atoms with Crippen LogP contribution in [-0.4, -0.2) is 31.6 Å². The number of nitrogens with one attached hydrogen (secondary N) is 1. The van der Waals surface area contributed by atoms with E-state index in [2.05, 4.69) is 24.2 Å². The molecule has 0 radical (unpaired) electrons. The zero-order valence-corrected chi connectivity index (χ0v) is 10.5. The fourth-order valence-corrected chi connectivity index (χ4v) is 1.53. The fraction of sp³-hybridized carbons (Fsp3) is 0.500. The fourth-order valence-electron chi connectivity index (χ4n) is 1.34. The van der Waals surface area contributed by atoms with Gasteiger partial charge in [-0.1, -0.05) is 30.7 Å². The molecule has 0 aromatic heterocycles. The Morgan fingerprint density at radius 2 is 2.19 bits per heavy atom. The summed E-state index contributed by atoms with van der Waals surface area (Å²) in [6, 6.07) is 4.88. The molecule has 0 spiro atoms. The van der Waals surface area contributed by atoms with Crippen molar-refractivity contribution in [3.63, 3.8) is 0 Å². The van der Waals surface area contributed by atoms with Crippen LogP contribution in [0.4, 0.5) is 4.39 Å². The predicted octanol–water partition coefficient (Wildman–Crippen LogP) is 2.52. The van der Waals surface area contributed by atoms with Crippen molar-refractivity contribution in [2.24, 2.45) is 0 Å². The van der Waals surface area contributed by atoms with E-state index in [0.717, 1.165) is 25.2 Å². The zero-order valence-electron chi connectivity index (χ0n) is 9.76. The van der Waals surface area contributed by atoms with E-state index in [1.165, 1.54) is 6.07 Å². The van der Waals surface area contributed by atoms with Gasteiger partial charge in [-0.15, -0.1) is 0 Å². The van der Waals surface area contributed by atoms with Crippen LogP contribution in [0, 0.1) is 5.82 Å². The number of hydrogen-bond acceptors (Lipinski definition) is 2. The Labute approximate surface area is 101 Å². The maximum absolute atomic E-state index is 13.1. The van der Waals surface area contributed by atoms with Crippen LogP contribution in [0.1, 0.15) is 12.5 Å². The van der Waals surface area contributed by atoms with Crippen molar-refractivity contribution in [2.75, 3.05) is 26.7 Å². The summed E-state index contributed by atoms with van der Waals surface area (Å²) in [6.07, 6.45) is 0. The van der Waals surface area contributed by atoms with Gasteiger partial charge in [-0.2, -0.15) is 0 Å². The Balaban J connectivity index is 2.35. The van der Waals surface area contributed by atoms with Crippen molar-refractivity contribution in [2.45, 2.75) is 13.5 Å². The minimum absolute atomic E-state index is 0.221. The van der Waals surface area contributed by atoms with Crippen LogP contribution in [0.25, 0.3) is 0 Å². The highest BCUT2D eigenvalue weighted by molar-refractivity contribution is 6.31. The molecule has 1 N–H and O–H groups in total. The molecule has 0 fully saturated rings. The van der Waals surface area contributed by atoms with Crippen LogP contribution in [0.15, 0.2) is 18.2 Å². The highest BCUT2D eigenvalue weighted by Gasteiger charge is 2.04. The van der Waals surface area contributed by atoms with Crippen molar-refractivity contribution in [1.82, 2.24) is 10.2 Å². The summed E-state index contributed by atoms with van der Waals surface area (Å²) in [4.78, 5) is 2.21. The number of hydrogen-bond donors (Lipinski definition) is 1. The lowest BCUT2D eigenvalue weighted by Gasteiger charge is -2.14. The second-order valence-electron chi connectivity index (χ2n) is 3.79. The molecule has 0 aliphatic carbocycles. The first-order valence-electron chi connectivity index (χ1n) is 5.47. The molecule has 4 heteroatoms. The van der Waals surface area contributed by atoms with Crippen molar-refractivity contribution >= 4 is 11.6 Å². The van der Waals surface area contributed by atoms with Crippen molar-refractivity contribution in [1.29, 1.82) is 0 Å². The van der Waals surface area contributed by atoms with Gasteiger partial charge in [-0.3, -0.25) is 0 Å². The van der Waals surface area contributed by atoms with Crippen LogP contribution in [0.3, 0.4) is 0 Å². The maximum Gasteiger partial charge on any atom is 0.142 e. The second kappa shape index (κ2) is 6.84. The lowest BCUT2D eigenvalue weighted by atomic mass is 10.2. The van der Waals surface area contributed by atoms with Gasteiger partial charge in [0.05, 0.1) is 5.02 Å². The number of halogens is 2. The van der Waals surface area contributed by atoms with Crippen molar-refractivity contribution in [3.05, 3.63) is 34.6 Å². The Morgan fingerprint density at radius 3 is 2.88 bits per heavy atom. The smallest absolute Gasteiger partial charge is 0.142 e. The summed E-state index contributed by atoms with van der Waals surface area (Å²) in [6.45, 7) is 5.60. The first kappa shape index (κ1) is 13.4. The Bertz CT molecular complexity index is 331. The Hall–Kier alpha value is -0.640. The Morgan fingerprint density at radius 1 is 1.44 bits per heavy atom. The number of likely N-dealkylation sites (N-methyl/N-ethyl adjacent to an activating group) is 1. The lowest BCUT2D eigenvalue weighted by molar-refractivity contribution is 0.349. The van der Waals surface area contributed by atoms with E-state index < -0.39 is 0 Å². The van der Waals surface area contributed by atoms with Crippen LogP contribution in [0.5, 0.6) is 0 Å². The standard InChI is InChI=1S/C12H18ClFN2/c1-3-16(2)8-7-15-9-10-5-4-6-11(14)12(10)13/h4-6,15H,3,7-9H2,1-2H3. The quantitative estimate of drug-likeness (QED) is 0.774. The van der Waals surface area contributed by atoms with Gasteiger partial charge in [0.15, 0.2) is 0 Å². The first-order valence-corrected chi connectivity index (χ1v) is 5.85. The molecule has 0 amide bonds. The van der Waals surface area contributed by atoms with Gasteiger partial charge in [0.25, 0.3) is 0 Å². The summed E-state index contributed by atoms with van der Waals surface area (Å²) < 4.78 is 13.1. The number of nitrogens with zero attached hydrogens (tertiary/aromatic N) is 1. The summed E-state index contributed by atoms with van der Waals surface area (Å²) in [5, 5.41) is 3.46. The normalized spacial score (nSPS) is 11.1. The minimum atomic E-state index is -0.355. The largest absolute Gasteiger partial charge is 0.311 e. The second-order valence-corrected chi connectivity index (χ2v) is 4.16. The average Bonchev–Trinajstić information content (AvgIpc) is 2.29. The molecule has 2 nitrogen and oxygen atoms in total. The summed E-state index contributed by atoms with van der Waals surface area (Å²) >= 11 is 5.84. The SMILES string of the molecule is CCN(C)CCNCc1cccc(F)c1Cl. The molecule has 0 saturated carbocycles. The van der Waals surface area contributed by atoms with Crippen LogP contribution >= 0.6 is 11.6 Å². The molecule has 90 valence electrons. The monoisotopic (exact) mass is 244 g/mol. The molecule has 1 aromatic rings. The molecule has 0 atom stereocenters. The van der Waals surface area contributed by atoms with Gasteiger partial charge in [0.2, 0.25) is 0 Å². The first-order chi connectivity index (χ1) is 7.65. The van der Waals surface area contributed by atoms with E-state index in [0.29, 0.717) is 6.54 Å². The van der Waals surface area contributed by atoms with Gasteiger partial charge < -0.3 is 10.2 Å². The third kappa shape index (κ3) is 4.08. The molecular weight excluding hydrogens is 227 g/mol. The predicted molar refractivity (Wildman–Crippen MR) is 66.3 cm³/mol. The summed E-state index contributed by atoms with van der Waals surface area (Å²) in [7, 11) is 2.07. The molecule has 0 aliphatic heterocycles. The molecule has 1 aromatic carbocycles. The molecule has 0 bridgehead atoms. The molecule has 16 heavy (non-hydrogen) atoms. The molecule has 0 unspecified atom stereocenters. The minimum Gasteiger partial charge on any atom is -0.311 e.